The van der Waals surface area contributed by atoms with Gasteiger partial charge >= 0.3 is 6.09 Å². The minimum Gasteiger partial charge on any atom is -0.443 e. The summed E-state index contributed by atoms with van der Waals surface area (Å²) in [6, 6.07) is 7.48. The Balaban J connectivity index is 2.14. The van der Waals surface area contributed by atoms with Crippen molar-refractivity contribution in [3.8, 4) is 0 Å². The van der Waals surface area contributed by atoms with Gasteiger partial charge in [-0.1, -0.05) is 22.0 Å². The van der Waals surface area contributed by atoms with Crippen LogP contribution < -0.4 is 4.90 Å². The van der Waals surface area contributed by atoms with E-state index in [2.05, 4.69) is 15.9 Å². The Morgan fingerprint density at radius 1 is 1.56 bits per heavy atom. The number of rotatable bonds is 2. The highest BCUT2D eigenvalue weighted by Crippen LogP contribution is 2.23. The highest BCUT2D eigenvalue weighted by Gasteiger charge is 2.27. The number of nitrogens with zero attached hydrogens (tertiary/aromatic N) is 1. The highest BCUT2D eigenvalue weighted by molar-refractivity contribution is 9.10. The van der Waals surface area contributed by atoms with Crippen molar-refractivity contribution in [2.24, 2.45) is 0 Å². The van der Waals surface area contributed by atoms with Crippen LogP contribution in [0.2, 0.25) is 0 Å². The minimum atomic E-state index is -0.400. The van der Waals surface area contributed by atoms with Gasteiger partial charge in [0.2, 0.25) is 0 Å². The van der Waals surface area contributed by atoms with Gasteiger partial charge in [0, 0.05) is 23.1 Å². The quantitative estimate of drug-likeness (QED) is 0.906. The third kappa shape index (κ3) is 2.36. The monoisotopic (exact) mass is 285 g/mol. The molecule has 1 saturated heterocycles. The molecule has 0 aromatic heterocycles. The zero-order valence-corrected chi connectivity index (χ0v) is 10.2. The smallest absolute Gasteiger partial charge is 0.414 e. The summed E-state index contributed by atoms with van der Waals surface area (Å²) in [6.45, 7) is 0.457. The molecule has 1 aromatic carbocycles. The van der Waals surface area contributed by atoms with Gasteiger partial charge in [0.1, 0.15) is 6.10 Å². The number of hydrogen-bond acceptors (Lipinski definition) is 3. The molecule has 1 amide bonds. The first-order chi connectivity index (χ1) is 7.70. The summed E-state index contributed by atoms with van der Waals surface area (Å²) in [4.78, 5) is 13.2. The Labute approximate surface area is 102 Å². The fraction of sp³-hybridized carbons (Fsp3) is 0.364. The Hall–Kier alpha value is -1.07. The molecule has 1 aliphatic heterocycles. The molecule has 0 spiro atoms. The van der Waals surface area contributed by atoms with Crippen molar-refractivity contribution in [1.82, 2.24) is 0 Å². The maximum atomic E-state index is 11.7. The number of halogens is 1. The van der Waals surface area contributed by atoms with Crippen LogP contribution in [0.15, 0.2) is 28.7 Å². The van der Waals surface area contributed by atoms with Gasteiger partial charge in [-0.05, 0) is 18.2 Å². The van der Waals surface area contributed by atoms with Crippen LogP contribution in [0.25, 0.3) is 0 Å². The van der Waals surface area contributed by atoms with E-state index in [-0.39, 0.29) is 12.7 Å². The average molecular weight is 286 g/mol. The third-order valence-corrected chi connectivity index (χ3v) is 2.98. The van der Waals surface area contributed by atoms with E-state index >= 15 is 0 Å². The van der Waals surface area contributed by atoms with Crippen LogP contribution in [0, 0.1) is 0 Å². The maximum Gasteiger partial charge on any atom is 0.414 e. The first kappa shape index (κ1) is 11.4. The molecular formula is C11H12BrNO3. The summed E-state index contributed by atoms with van der Waals surface area (Å²) in [7, 11) is 0. The summed E-state index contributed by atoms with van der Waals surface area (Å²) in [5.41, 5.74) is 0.802. The zero-order chi connectivity index (χ0) is 11.5. The third-order valence-electron chi connectivity index (χ3n) is 2.49. The van der Waals surface area contributed by atoms with Gasteiger partial charge in [-0.15, -0.1) is 0 Å². The van der Waals surface area contributed by atoms with Crippen LogP contribution in [0.3, 0.4) is 0 Å². The molecule has 1 aliphatic rings. The largest absolute Gasteiger partial charge is 0.443 e. The molecule has 2 rings (SSSR count). The van der Waals surface area contributed by atoms with E-state index in [1.165, 1.54) is 0 Å². The fourth-order valence-corrected chi connectivity index (χ4v) is 2.02. The lowest BCUT2D eigenvalue weighted by Crippen LogP contribution is -2.43. The molecule has 86 valence electrons. The van der Waals surface area contributed by atoms with Gasteiger partial charge < -0.3 is 9.84 Å². The molecule has 1 atom stereocenters. The first-order valence-corrected chi connectivity index (χ1v) is 5.84. The first-order valence-electron chi connectivity index (χ1n) is 5.05. The lowest BCUT2D eigenvalue weighted by Gasteiger charge is -2.30. The summed E-state index contributed by atoms with van der Waals surface area (Å²) >= 11 is 3.36. The standard InChI is InChI=1S/C11H12BrNO3/c12-8-2-1-3-9(6-8)13-5-4-10(7-14)16-11(13)15/h1-3,6,10,14H,4-5,7H2. The van der Waals surface area contributed by atoms with E-state index < -0.39 is 6.09 Å². The van der Waals surface area contributed by atoms with Crippen molar-refractivity contribution in [2.45, 2.75) is 12.5 Å². The molecule has 0 radical (unpaired) electrons. The molecule has 0 aliphatic carbocycles. The van der Waals surface area contributed by atoms with Gasteiger partial charge in [-0.2, -0.15) is 0 Å². The van der Waals surface area contributed by atoms with Crippen LogP contribution in [0.5, 0.6) is 0 Å². The molecule has 4 nitrogen and oxygen atoms in total. The number of aliphatic hydroxyl groups is 1. The zero-order valence-electron chi connectivity index (χ0n) is 8.60. The summed E-state index contributed by atoms with van der Waals surface area (Å²) in [5, 5.41) is 8.91. The molecule has 1 unspecified atom stereocenters. The van der Waals surface area contributed by atoms with E-state index in [0.717, 1.165) is 10.2 Å². The lowest BCUT2D eigenvalue weighted by atomic mass is 10.2. The molecule has 1 aromatic rings. The van der Waals surface area contributed by atoms with Crippen molar-refractivity contribution in [2.75, 3.05) is 18.1 Å². The molecule has 0 bridgehead atoms. The SMILES string of the molecule is O=C1OC(CO)CCN1c1cccc(Br)c1. The van der Waals surface area contributed by atoms with E-state index in [1.807, 2.05) is 24.3 Å². The van der Waals surface area contributed by atoms with Gasteiger partial charge in [0.15, 0.2) is 0 Å². The summed E-state index contributed by atoms with van der Waals surface area (Å²) in [5.74, 6) is 0. The second kappa shape index (κ2) is 4.84. The number of amides is 1. The molecule has 16 heavy (non-hydrogen) atoms. The number of carbonyl (C=O) groups excluding carboxylic acids is 1. The predicted octanol–water partition coefficient (Wildman–Crippen LogP) is 2.16. The normalized spacial score (nSPS) is 20.8. The van der Waals surface area contributed by atoms with Crippen molar-refractivity contribution in [1.29, 1.82) is 0 Å². The van der Waals surface area contributed by atoms with Gasteiger partial charge in [-0.3, -0.25) is 4.90 Å². The summed E-state index contributed by atoms with van der Waals surface area (Å²) < 4.78 is 5.98. The Morgan fingerprint density at radius 2 is 2.38 bits per heavy atom. The van der Waals surface area contributed by atoms with Crippen LogP contribution >= 0.6 is 15.9 Å². The van der Waals surface area contributed by atoms with Crippen LogP contribution in [-0.2, 0) is 4.74 Å². The second-order valence-corrected chi connectivity index (χ2v) is 4.52. The van der Waals surface area contributed by atoms with Crippen LogP contribution in [0.4, 0.5) is 10.5 Å². The number of hydrogen-bond donors (Lipinski definition) is 1. The van der Waals surface area contributed by atoms with Crippen molar-refractivity contribution >= 4 is 27.7 Å². The number of carbonyl (C=O) groups is 1. The minimum absolute atomic E-state index is 0.113. The lowest BCUT2D eigenvalue weighted by molar-refractivity contribution is 0.0453. The number of aliphatic hydroxyl groups excluding tert-OH is 1. The second-order valence-electron chi connectivity index (χ2n) is 3.61. The molecule has 5 heteroatoms. The summed E-state index contributed by atoms with van der Waals surface area (Å²) in [6.07, 6.45) is -0.117. The topological polar surface area (TPSA) is 49.8 Å². The number of ether oxygens (including phenoxy) is 1. The van der Waals surface area contributed by atoms with Crippen molar-refractivity contribution in [3.05, 3.63) is 28.7 Å². The predicted molar refractivity (Wildman–Crippen MR) is 63.5 cm³/mol. The van der Waals surface area contributed by atoms with Crippen molar-refractivity contribution in [3.63, 3.8) is 0 Å². The number of anilines is 1. The van der Waals surface area contributed by atoms with Crippen molar-refractivity contribution < 1.29 is 14.6 Å². The Morgan fingerprint density at radius 3 is 3.00 bits per heavy atom. The maximum absolute atomic E-state index is 11.7. The molecule has 0 saturated carbocycles. The highest BCUT2D eigenvalue weighted by atomic mass is 79.9. The van der Waals surface area contributed by atoms with Gasteiger partial charge in [0.25, 0.3) is 0 Å². The van der Waals surface area contributed by atoms with Gasteiger partial charge in [-0.25, -0.2) is 4.79 Å². The average Bonchev–Trinajstić information content (AvgIpc) is 2.28. The molecule has 1 heterocycles. The Bertz CT molecular complexity index is 397. The van der Waals surface area contributed by atoms with E-state index in [4.69, 9.17) is 9.84 Å². The van der Waals surface area contributed by atoms with E-state index in [0.29, 0.717) is 13.0 Å². The fourth-order valence-electron chi connectivity index (χ4n) is 1.64. The van der Waals surface area contributed by atoms with Crippen LogP contribution in [0.1, 0.15) is 6.42 Å². The molecule has 1 fully saturated rings. The Kier molecular flexibility index (Phi) is 3.46. The van der Waals surface area contributed by atoms with Crippen LogP contribution in [-0.4, -0.2) is 30.5 Å². The number of cyclic esters (lactones) is 1. The van der Waals surface area contributed by atoms with E-state index in [1.54, 1.807) is 4.90 Å². The number of benzene rings is 1. The molecule has 1 N–H and O–H groups in total. The van der Waals surface area contributed by atoms with Gasteiger partial charge in [0.05, 0.1) is 6.61 Å². The molecular weight excluding hydrogens is 274 g/mol. The van der Waals surface area contributed by atoms with E-state index in [9.17, 15) is 4.79 Å².